The summed E-state index contributed by atoms with van der Waals surface area (Å²) in [7, 11) is 0. The van der Waals surface area contributed by atoms with Crippen LogP contribution in [0.5, 0.6) is 5.75 Å². The van der Waals surface area contributed by atoms with Gasteiger partial charge in [-0.05, 0) is 36.2 Å². The molecular weight excluding hydrogens is 373 g/mol. The summed E-state index contributed by atoms with van der Waals surface area (Å²) in [6, 6.07) is 7.29. The number of ether oxygens (including phenoxy) is 1. The Morgan fingerprint density at radius 2 is 2.04 bits per heavy atom. The number of rotatable bonds is 6. The van der Waals surface area contributed by atoms with Crippen LogP contribution in [0.1, 0.15) is 22.4 Å². The van der Waals surface area contributed by atoms with Gasteiger partial charge in [-0.2, -0.15) is 13.2 Å². The normalized spacial score (nSPS) is 11.1. The molecule has 144 valence electrons. The van der Waals surface area contributed by atoms with Gasteiger partial charge < -0.3 is 4.74 Å². The van der Waals surface area contributed by atoms with Gasteiger partial charge in [0, 0.05) is 16.7 Å². The molecule has 10 heteroatoms. The number of benzene rings is 1. The molecule has 0 spiro atoms. The van der Waals surface area contributed by atoms with Crippen LogP contribution in [0.3, 0.4) is 0 Å². The van der Waals surface area contributed by atoms with Gasteiger partial charge in [0.1, 0.15) is 24.5 Å². The first-order valence-electron chi connectivity index (χ1n) is 8.17. The van der Waals surface area contributed by atoms with Crippen LogP contribution in [0.15, 0.2) is 54.2 Å². The third-order valence-corrected chi connectivity index (χ3v) is 4.02. The van der Waals surface area contributed by atoms with Gasteiger partial charge in [-0.15, -0.1) is 0 Å². The van der Waals surface area contributed by atoms with E-state index in [1.54, 1.807) is 35.9 Å². The molecule has 0 amide bonds. The quantitative estimate of drug-likeness (QED) is 0.339. The van der Waals surface area contributed by atoms with E-state index in [4.69, 9.17) is 10.3 Å². The van der Waals surface area contributed by atoms with Gasteiger partial charge in [0.2, 0.25) is 0 Å². The minimum Gasteiger partial charge on any atom is -0.487 e. The fourth-order valence-electron chi connectivity index (χ4n) is 2.60. The van der Waals surface area contributed by atoms with Crippen LogP contribution in [0.2, 0.25) is 0 Å². The summed E-state index contributed by atoms with van der Waals surface area (Å²) in [6.07, 6.45) is 0.171. The van der Waals surface area contributed by atoms with Crippen LogP contribution < -0.4 is 4.74 Å². The lowest BCUT2D eigenvalue weighted by Gasteiger charge is -2.16. The van der Waals surface area contributed by atoms with E-state index in [-0.39, 0.29) is 18.7 Å². The standard InChI is InChI=1S/C18H15F3N6O/c1-12-3-2-4-16(18(19,20)21)15(12)10-28-14-5-6-17(23-8-14)27-9-13(24-11-27)7-25-26-22/h2-6,8-9,11H,7,10H2,1H3. The van der Waals surface area contributed by atoms with Crippen molar-refractivity contribution >= 4 is 0 Å². The number of nitrogens with zero attached hydrogens (tertiary/aromatic N) is 6. The van der Waals surface area contributed by atoms with Crippen molar-refractivity contribution in [1.82, 2.24) is 14.5 Å². The molecule has 28 heavy (non-hydrogen) atoms. The zero-order chi connectivity index (χ0) is 20.1. The van der Waals surface area contributed by atoms with E-state index in [1.807, 2.05) is 0 Å². The Morgan fingerprint density at radius 3 is 2.71 bits per heavy atom. The number of alkyl halides is 3. The van der Waals surface area contributed by atoms with Crippen LogP contribution in [-0.2, 0) is 19.3 Å². The summed E-state index contributed by atoms with van der Waals surface area (Å²) in [5.41, 5.74) is 8.80. The Morgan fingerprint density at radius 1 is 1.21 bits per heavy atom. The number of hydrogen-bond acceptors (Lipinski definition) is 4. The van der Waals surface area contributed by atoms with E-state index in [9.17, 15) is 13.2 Å². The molecule has 0 atom stereocenters. The topological polar surface area (TPSA) is 88.7 Å². The maximum atomic E-state index is 13.2. The molecule has 0 aliphatic carbocycles. The number of halogens is 3. The molecule has 1 aromatic carbocycles. The van der Waals surface area contributed by atoms with Crippen LogP contribution in [0.4, 0.5) is 13.2 Å². The minimum absolute atomic E-state index is 0.0939. The molecule has 3 rings (SSSR count). The zero-order valence-corrected chi connectivity index (χ0v) is 14.8. The Bertz CT molecular complexity index is 1010. The SMILES string of the molecule is Cc1cccc(C(F)(F)F)c1COc1ccc(-n2cnc(CN=[N+]=[N-])c2)nc1. The van der Waals surface area contributed by atoms with E-state index >= 15 is 0 Å². The molecule has 0 aliphatic rings. The third-order valence-electron chi connectivity index (χ3n) is 4.02. The Balaban J connectivity index is 1.72. The summed E-state index contributed by atoms with van der Waals surface area (Å²) in [5, 5.41) is 3.43. The summed E-state index contributed by atoms with van der Waals surface area (Å²) in [5.74, 6) is 0.883. The fraction of sp³-hybridized carbons (Fsp3) is 0.222. The van der Waals surface area contributed by atoms with E-state index in [1.165, 1.54) is 18.6 Å². The second kappa shape index (κ2) is 8.01. The summed E-state index contributed by atoms with van der Waals surface area (Å²) >= 11 is 0. The zero-order valence-electron chi connectivity index (χ0n) is 14.8. The number of imidazole rings is 1. The van der Waals surface area contributed by atoms with Gasteiger partial charge in [0.25, 0.3) is 0 Å². The van der Waals surface area contributed by atoms with Crippen molar-refractivity contribution in [1.29, 1.82) is 0 Å². The monoisotopic (exact) mass is 388 g/mol. The number of hydrogen-bond donors (Lipinski definition) is 0. The molecule has 2 aromatic heterocycles. The largest absolute Gasteiger partial charge is 0.487 e. The second-order valence-corrected chi connectivity index (χ2v) is 5.90. The average Bonchev–Trinajstić information content (AvgIpc) is 3.14. The molecule has 0 unspecified atom stereocenters. The lowest BCUT2D eigenvalue weighted by Crippen LogP contribution is -2.12. The smallest absolute Gasteiger partial charge is 0.416 e. The Kier molecular flexibility index (Phi) is 5.51. The molecule has 0 aliphatic heterocycles. The van der Waals surface area contributed by atoms with E-state index in [2.05, 4.69) is 20.0 Å². The van der Waals surface area contributed by atoms with Gasteiger partial charge in [0.05, 0.1) is 24.0 Å². The molecule has 0 saturated carbocycles. The number of pyridine rings is 1. The predicted octanol–water partition coefficient (Wildman–Crippen LogP) is 4.98. The van der Waals surface area contributed by atoms with Crippen molar-refractivity contribution in [3.63, 3.8) is 0 Å². The Hall–Kier alpha value is -3.52. The molecule has 0 N–H and O–H groups in total. The number of aryl methyl sites for hydroxylation is 1. The highest BCUT2D eigenvalue weighted by Crippen LogP contribution is 2.33. The number of azide groups is 1. The van der Waals surface area contributed by atoms with E-state index in [0.717, 1.165) is 6.07 Å². The molecule has 0 radical (unpaired) electrons. The van der Waals surface area contributed by atoms with Crippen LogP contribution in [0, 0.1) is 6.92 Å². The van der Waals surface area contributed by atoms with Crippen molar-refractivity contribution in [2.45, 2.75) is 26.3 Å². The maximum Gasteiger partial charge on any atom is 0.416 e. The van der Waals surface area contributed by atoms with Gasteiger partial charge in [-0.1, -0.05) is 17.2 Å². The van der Waals surface area contributed by atoms with Gasteiger partial charge in [0.15, 0.2) is 0 Å². The molecule has 0 fully saturated rings. The first-order valence-corrected chi connectivity index (χ1v) is 8.17. The van der Waals surface area contributed by atoms with E-state index < -0.39 is 11.7 Å². The first-order chi connectivity index (χ1) is 13.4. The summed E-state index contributed by atoms with van der Waals surface area (Å²) in [4.78, 5) is 11.0. The highest BCUT2D eigenvalue weighted by molar-refractivity contribution is 5.37. The van der Waals surface area contributed by atoms with Gasteiger partial charge in [-0.3, -0.25) is 4.57 Å². The van der Waals surface area contributed by atoms with E-state index in [0.29, 0.717) is 22.8 Å². The molecule has 3 aromatic rings. The first kappa shape index (κ1) is 19.2. The van der Waals surface area contributed by atoms with Crippen LogP contribution in [0.25, 0.3) is 16.3 Å². The summed E-state index contributed by atoms with van der Waals surface area (Å²) < 4.78 is 46.7. The third kappa shape index (κ3) is 4.41. The van der Waals surface area contributed by atoms with Crippen molar-refractivity contribution in [2.75, 3.05) is 0 Å². The van der Waals surface area contributed by atoms with Crippen molar-refractivity contribution in [3.8, 4) is 11.6 Å². The molecule has 0 saturated heterocycles. The summed E-state index contributed by atoms with van der Waals surface area (Å²) in [6.45, 7) is 1.52. The number of aromatic nitrogens is 3. The Labute approximate surface area is 158 Å². The minimum atomic E-state index is -4.44. The predicted molar refractivity (Wildman–Crippen MR) is 94.7 cm³/mol. The van der Waals surface area contributed by atoms with Gasteiger partial charge >= 0.3 is 6.18 Å². The van der Waals surface area contributed by atoms with Crippen molar-refractivity contribution < 1.29 is 17.9 Å². The van der Waals surface area contributed by atoms with Crippen molar-refractivity contribution in [3.05, 3.63) is 81.9 Å². The fourth-order valence-corrected chi connectivity index (χ4v) is 2.60. The highest BCUT2D eigenvalue weighted by atomic mass is 19.4. The lowest BCUT2D eigenvalue weighted by atomic mass is 10.0. The van der Waals surface area contributed by atoms with Crippen LogP contribution in [-0.4, -0.2) is 14.5 Å². The van der Waals surface area contributed by atoms with Crippen LogP contribution >= 0.6 is 0 Å². The molecule has 7 nitrogen and oxygen atoms in total. The highest BCUT2D eigenvalue weighted by Gasteiger charge is 2.33. The lowest BCUT2D eigenvalue weighted by molar-refractivity contribution is -0.138. The van der Waals surface area contributed by atoms with Crippen molar-refractivity contribution in [2.24, 2.45) is 5.11 Å². The maximum absolute atomic E-state index is 13.2. The molecular formula is C18H15F3N6O. The molecule has 0 bridgehead atoms. The second-order valence-electron chi connectivity index (χ2n) is 5.90. The molecule has 2 heterocycles. The average molecular weight is 388 g/mol. The van der Waals surface area contributed by atoms with Gasteiger partial charge in [-0.25, -0.2) is 9.97 Å².